The van der Waals surface area contributed by atoms with Crippen molar-refractivity contribution >= 4 is 27.2 Å². The number of H-pyrrole nitrogens is 1. The lowest BCUT2D eigenvalue weighted by molar-refractivity contribution is 0.488. The third kappa shape index (κ3) is 4.22. The number of nitrogens with one attached hydrogen (secondary N) is 1. The van der Waals surface area contributed by atoms with Crippen LogP contribution in [0.3, 0.4) is 0 Å². The summed E-state index contributed by atoms with van der Waals surface area (Å²) in [6.45, 7) is 2.39. The molecular formula is C23H20N2O3S. The highest BCUT2D eigenvalue weighted by atomic mass is 32.2. The van der Waals surface area contributed by atoms with E-state index in [1.165, 1.54) is 0 Å². The Balaban J connectivity index is 1.69. The minimum absolute atomic E-state index is 0.112. The number of benzene rings is 3. The summed E-state index contributed by atoms with van der Waals surface area (Å²) in [5, 5.41) is 0.685. The second-order valence-corrected chi connectivity index (χ2v) is 8.27. The van der Waals surface area contributed by atoms with Crippen molar-refractivity contribution in [2.75, 3.05) is 0 Å². The highest BCUT2D eigenvalue weighted by Crippen LogP contribution is 2.31. The summed E-state index contributed by atoms with van der Waals surface area (Å²) in [7, 11) is -3.97. The summed E-state index contributed by atoms with van der Waals surface area (Å²) in [6.07, 6.45) is 1.62. The molecule has 0 saturated heterocycles. The van der Waals surface area contributed by atoms with Gasteiger partial charge in [0.1, 0.15) is 10.6 Å². The van der Waals surface area contributed by atoms with Crippen LogP contribution in [-0.2, 0) is 16.7 Å². The Morgan fingerprint density at radius 3 is 2.38 bits per heavy atom. The van der Waals surface area contributed by atoms with Gasteiger partial charge in [-0.2, -0.15) is 8.42 Å². The SMILES string of the molecule is Cc1ccc(S(=O)(=O)Oc2c(C=NCc3ccccc3)[nH]c3ccccc23)cc1. The Labute approximate surface area is 169 Å². The number of aromatic nitrogens is 1. The fourth-order valence-electron chi connectivity index (χ4n) is 3.01. The van der Waals surface area contributed by atoms with Crippen molar-refractivity contribution in [3.63, 3.8) is 0 Å². The van der Waals surface area contributed by atoms with Crippen LogP contribution >= 0.6 is 0 Å². The number of fused-ring (bicyclic) bond motifs is 1. The lowest BCUT2D eigenvalue weighted by Gasteiger charge is -2.07. The smallest absolute Gasteiger partial charge is 0.339 e. The lowest BCUT2D eigenvalue weighted by atomic mass is 10.2. The third-order valence-corrected chi connectivity index (χ3v) is 5.76. The van der Waals surface area contributed by atoms with Gasteiger partial charge in [-0.1, -0.05) is 60.2 Å². The Hall–Kier alpha value is -3.38. The average molecular weight is 404 g/mol. The molecule has 3 aromatic carbocycles. The van der Waals surface area contributed by atoms with E-state index in [-0.39, 0.29) is 10.6 Å². The van der Waals surface area contributed by atoms with Crippen LogP contribution in [0.1, 0.15) is 16.8 Å². The summed E-state index contributed by atoms with van der Waals surface area (Å²) in [6, 6.07) is 23.8. The second kappa shape index (κ2) is 7.93. The Bertz CT molecular complexity index is 1260. The van der Waals surface area contributed by atoms with Gasteiger partial charge in [0.05, 0.1) is 6.54 Å². The quantitative estimate of drug-likeness (QED) is 0.368. The van der Waals surface area contributed by atoms with Gasteiger partial charge in [0, 0.05) is 17.1 Å². The first kappa shape index (κ1) is 19.0. The molecule has 0 spiro atoms. The highest BCUT2D eigenvalue weighted by molar-refractivity contribution is 7.87. The Morgan fingerprint density at radius 1 is 0.931 bits per heavy atom. The van der Waals surface area contributed by atoms with Gasteiger partial charge in [-0.15, -0.1) is 0 Å². The molecule has 1 heterocycles. The molecule has 4 rings (SSSR count). The first-order valence-electron chi connectivity index (χ1n) is 9.18. The fourth-order valence-corrected chi connectivity index (χ4v) is 3.97. The van der Waals surface area contributed by atoms with Gasteiger partial charge in [0.25, 0.3) is 0 Å². The molecule has 1 aromatic heterocycles. The molecule has 0 bridgehead atoms. The number of nitrogens with zero attached hydrogens (tertiary/aromatic N) is 1. The molecule has 0 aliphatic rings. The van der Waals surface area contributed by atoms with Crippen LogP contribution in [0.4, 0.5) is 0 Å². The van der Waals surface area contributed by atoms with Gasteiger partial charge < -0.3 is 9.17 Å². The number of aliphatic imine (C=N–C) groups is 1. The van der Waals surface area contributed by atoms with Crippen molar-refractivity contribution in [3.8, 4) is 5.75 Å². The first-order chi connectivity index (χ1) is 14.0. The fraction of sp³-hybridized carbons (Fsp3) is 0.0870. The van der Waals surface area contributed by atoms with E-state index >= 15 is 0 Å². The lowest BCUT2D eigenvalue weighted by Crippen LogP contribution is -2.10. The van der Waals surface area contributed by atoms with Crippen molar-refractivity contribution in [2.24, 2.45) is 4.99 Å². The minimum atomic E-state index is -3.97. The summed E-state index contributed by atoms with van der Waals surface area (Å²) in [4.78, 5) is 7.76. The summed E-state index contributed by atoms with van der Waals surface area (Å²) < 4.78 is 31.2. The maximum absolute atomic E-state index is 12.8. The van der Waals surface area contributed by atoms with E-state index < -0.39 is 10.1 Å². The number of aromatic amines is 1. The van der Waals surface area contributed by atoms with Crippen molar-refractivity contribution in [1.82, 2.24) is 4.98 Å². The molecule has 6 heteroatoms. The molecule has 1 N–H and O–H groups in total. The van der Waals surface area contributed by atoms with Crippen molar-refractivity contribution in [2.45, 2.75) is 18.4 Å². The van der Waals surface area contributed by atoms with Gasteiger partial charge in [-0.3, -0.25) is 4.99 Å². The molecule has 5 nitrogen and oxygen atoms in total. The zero-order valence-electron chi connectivity index (χ0n) is 15.9. The molecule has 0 atom stereocenters. The predicted molar refractivity (Wildman–Crippen MR) is 115 cm³/mol. The standard InChI is InChI=1S/C23H20N2O3S/c1-17-11-13-19(14-12-17)29(26,27)28-23-20-9-5-6-10-21(20)25-22(23)16-24-15-18-7-3-2-4-8-18/h2-14,16,25H,15H2,1H3. The average Bonchev–Trinajstić information content (AvgIpc) is 3.06. The Kier molecular flexibility index (Phi) is 5.18. The van der Waals surface area contributed by atoms with Gasteiger partial charge >= 0.3 is 10.1 Å². The number of rotatable bonds is 6. The molecule has 146 valence electrons. The summed E-state index contributed by atoms with van der Waals surface area (Å²) >= 11 is 0. The molecular weight excluding hydrogens is 384 g/mol. The number of para-hydroxylation sites is 1. The number of hydrogen-bond acceptors (Lipinski definition) is 4. The molecule has 4 aromatic rings. The molecule has 0 amide bonds. The molecule has 0 saturated carbocycles. The van der Waals surface area contributed by atoms with E-state index in [2.05, 4.69) is 9.98 Å². The van der Waals surface area contributed by atoms with E-state index in [1.807, 2.05) is 61.5 Å². The topological polar surface area (TPSA) is 71.5 Å². The summed E-state index contributed by atoms with van der Waals surface area (Å²) in [5.74, 6) is 0.248. The maximum atomic E-state index is 12.8. The molecule has 0 radical (unpaired) electrons. The van der Waals surface area contributed by atoms with Gasteiger partial charge in [-0.25, -0.2) is 0 Å². The van der Waals surface area contributed by atoms with E-state index in [4.69, 9.17) is 4.18 Å². The molecule has 0 aliphatic carbocycles. The zero-order chi connectivity index (χ0) is 20.3. The van der Waals surface area contributed by atoms with Crippen molar-refractivity contribution < 1.29 is 12.6 Å². The van der Waals surface area contributed by atoms with E-state index in [9.17, 15) is 8.42 Å². The normalized spacial score (nSPS) is 11.9. The van der Waals surface area contributed by atoms with Gasteiger partial charge in [0.2, 0.25) is 0 Å². The van der Waals surface area contributed by atoms with Crippen LogP contribution in [0.2, 0.25) is 0 Å². The van der Waals surface area contributed by atoms with Crippen molar-refractivity contribution in [1.29, 1.82) is 0 Å². The van der Waals surface area contributed by atoms with Crippen LogP contribution < -0.4 is 4.18 Å². The largest absolute Gasteiger partial charge is 0.376 e. The van der Waals surface area contributed by atoms with Crippen LogP contribution in [0.25, 0.3) is 10.9 Å². The van der Waals surface area contributed by atoms with E-state index in [1.54, 1.807) is 30.5 Å². The van der Waals surface area contributed by atoms with Crippen LogP contribution in [0.15, 0.2) is 88.8 Å². The predicted octanol–water partition coefficient (Wildman–Crippen LogP) is 4.86. The third-order valence-electron chi connectivity index (χ3n) is 4.53. The van der Waals surface area contributed by atoms with Gasteiger partial charge in [0.15, 0.2) is 5.75 Å². The maximum Gasteiger partial charge on any atom is 0.339 e. The van der Waals surface area contributed by atoms with Crippen molar-refractivity contribution in [3.05, 3.63) is 95.7 Å². The second-order valence-electron chi connectivity index (χ2n) is 6.72. The van der Waals surface area contributed by atoms with E-state index in [0.717, 1.165) is 16.6 Å². The van der Waals surface area contributed by atoms with Gasteiger partial charge in [-0.05, 0) is 36.8 Å². The molecule has 0 unspecified atom stereocenters. The van der Waals surface area contributed by atoms with Crippen LogP contribution in [0.5, 0.6) is 5.75 Å². The van der Waals surface area contributed by atoms with E-state index in [0.29, 0.717) is 17.6 Å². The first-order valence-corrected chi connectivity index (χ1v) is 10.6. The zero-order valence-corrected chi connectivity index (χ0v) is 16.7. The number of aryl methyl sites for hydroxylation is 1. The monoisotopic (exact) mass is 404 g/mol. The van der Waals surface area contributed by atoms with Crippen LogP contribution in [-0.4, -0.2) is 19.6 Å². The summed E-state index contributed by atoms with van der Waals surface area (Å²) in [5.41, 5.74) is 3.33. The molecule has 0 aliphatic heterocycles. The Morgan fingerprint density at radius 2 is 1.62 bits per heavy atom. The molecule has 29 heavy (non-hydrogen) atoms. The number of hydrogen-bond donors (Lipinski definition) is 1. The van der Waals surface area contributed by atoms with Crippen LogP contribution in [0, 0.1) is 6.92 Å². The molecule has 0 fully saturated rings. The minimum Gasteiger partial charge on any atom is -0.376 e. The highest BCUT2D eigenvalue weighted by Gasteiger charge is 2.21.